The van der Waals surface area contributed by atoms with E-state index in [0.717, 1.165) is 50.9 Å². The van der Waals surface area contributed by atoms with Crippen molar-refractivity contribution in [1.82, 2.24) is 20.9 Å². The maximum absolute atomic E-state index is 11.7. The first-order valence-corrected chi connectivity index (χ1v) is 11.3. The van der Waals surface area contributed by atoms with E-state index in [1.807, 2.05) is 24.3 Å². The average molecular weight is 543 g/mol. The lowest BCUT2D eigenvalue weighted by atomic mass is 9.80. The van der Waals surface area contributed by atoms with Crippen LogP contribution in [0.1, 0.15) is 54.9 Å². The fraction of sp³-hybridized carbons (Fsp3) is 0.652. The van der Waals surface area contributed by atoms with Gasteiger partial charge in [-0.2, -0.15) is 0 Å². The van der Waals surface area contributed by atoms with Crippen molar-refractivity contribution >= 4 is 35.8 Å². The summed E-state index contributed by atoms with van der Waals surface area (Å²) in [6, 6.07) is 7.63. The van der Waals surface area contributed by atoms with Gasteiger partial charge in [0.1, 0.15) is 0 Å². The van der Waals surface area contributed by atoms with E-state index in [1.54, 1.807) is 7.05 Å². The smallest absolute Gasteiger partial charge is 0.251 e. The van der Waals surface area contributed by atoms with Gasteiger partial charge in [-0.1, -0.05) is 31.4 Å². The van der Waals surface area contributed by atoms with Gasteiger partial charge in [-0.15, -0.1) is 24.0 Å². The van der Waals surface area contributed by atoms with Crippen molar-refractivity contribution in [2.24, 2.45) is 4.99 Å². The number of hydrogen-bond donors (Lipinski definition) is 3. The second kappa shape index (κ2) is 13.2. The Hall–Kier alpha value is -1.39. The van der Waals surface area contributed by atoms with Crippen molar-refractivity contribution in [3.05, 3.63) is 35.4 Å². The SMILES string of the molecule is CCNC(=NCc1ccc(C(=O)NC)cc1)NCC1(N2CCOCC2)CCCCC1.I. The van der Waals surface area contributed by atoms with E-state index < -0.39 is 0 Å². The molecule has 2 aliphatic rings. The molecular weight excluding hydrogens is 505 g/mol. The molecule has 0 bridgehead atoms. The third-order valence-corrected chi connectivity index (χ3v) is 6.26. The number of morpholine rings is 1. The molecule has 0 aromatic heterocycles. The van der Waals surface area contributed by atoms with E-state index in [4.69, 9.17) is 9.73 Å². The van der Waals surface area contributed by atoms with Crippen LogP contribution in [0.3, 0.4) is 0 Å². The molecule has 31 heavy (non-hydrogen) atoms. The first-order valence-electron chi connectivity index (χ1n) is 11.3. The molecule has 1 heterocycles. The molecule has 1 saturated carbocycles. The number of carbonyl (C=O) groups excluding carboxylic acids is 1. The first kappa shape index (κ1) is 25.9. The predicted octanol–water partition coefficient (Wildman–Crippen LogP) is 2.75. The second-order valence-corrected chi connectivity index (χ2v) is 8.21. The summed E-state index contributed by atoms with van der Waals surface area (Å²) in [4.78, 5) is 19.1. The average Bonchev–Trinajstić information content (AvgIpc) is 2.82. The fourth-order valence-corrected chi connectivity index (χ4v) is 4.52. The highest BCUT2D eigenvalue weighted by molar-refractivity contribution is 14.0. The molecule has 0 spiro atoms. The molecule has 174 valence electrons. The van der Waals surface area contributed by atoms with Crippen LogP contribution in [0.5, 0.6) is 0 Å². The Labute approximate surface area is 203 Å². The van der Waals surface area contributed by atoms with Crippen LogP contribution in [0.15, 0.2) is 29.3 Å². The highest BCUT2D eigenvalue weighted by atomic mass is 127. The van der Waals surface area contributed by atoms with Gasteiger partial charge in [0.2, 0.25) is 0 Å². The summed E-state index contributed by atoms with van der Waals surface area (Å²) in [5.74, 6) is 0.784. The molecule has 0 atom stereocenters. The number of rotatable bonds is 7. The lowest BCUT2D eigenvalue weighted by molar-refractivity contribution is -0.0352. The lowest BCUT2D eigenvalue weighted by Gasteiger charge is -2.48. The van der Waals surface area contributed by atoms with E-state index in [0.29, 0.717) is 12.1 Å². The quantitative estimate of drug-likeness (QED) is 0.280. The summed E-state index contributed by atoms with van der Waals surface area (Å²) in [6.07, 6.45) is 6.40. The van der Waals surface area contributed by atoms with Crippen LogP contribution < -0.4 is 16.0 Å². The van der Waals surface area contributed by atoms with Gasteiger partial charge in [0, 0.05) is 44.3 Å². The summed E-state index contributed by atoms with van der Waals surface area (Å²) in [6.45, 7) is 8.12. The van der Waals surface area contributed by atoms with Gasteiger partial charge in [-0.3, -0.25) is 9.69 Å². The van der Waals surface area contributed by atoms with Crippen LogP contribution in [0.4, 0.5) is 0 Å². The monoisotopic (exact) mass is 543 g/mol. The number of aliphatic imine (C=N–C) groups is 1. The van der Waals surface area contributed by atoms with E-state index >= 15 is 0 Å². The molecule has 1 saturated heterocycles. The maximum atomic E-state index is 11.7. The number of benzene rings is 1. The summed E-state index contributed by atoms with van der Waals surface area (Å²) < 4.78 is 5.59. The summed E-state index contributed by atoms with van der Waals surface area (Å²) >= 11 is 0. The molecule has 2 fully saturated rings. The number of halogens is 1. The van der Waals surface area contributed by atoms with E-state index in [1.165, 1.54) is 32.1 Å². The van der Waals surface area contributed by atoms with E-state index in [9.17, 15) is 4.79 Å². The molecule has 0 unspecified atom stereocenters. The highest BCUT2D eigenvalue weighted by Crippen LogP contribution is 2.33. The highest BCUT2D eigenvalue weighted by Gasteiger charge is 2.38. The molecule has 7 nitrogen and oxygen atoms in total. The number of carbonyl (C=O) groups is 1. The molecule has 1 aromatic rings. The maximum Gasteiger partial charge on any atom is 0.251 e. The van der Waals surface area contributed by atoms with Gasteiger partial charge in [-0.25, -0.2) is 4.99 Å². The van der Waals surface area contributed by atoms with Crippen molar-refractivity contribution in [3.63, 3.8) is 0 Å². The molecular formula is C23H38IN5O2. The molecule has 8 heteroatoms. The molecule has 1 aliphatic heterocycles. The number of hydrogen-bond acceptors (Lipinski definition) is 4. The Morgan fingerprint density at radius 3 is 2.39 bits per heavy atom. The Morgan fingerprint density at radius 1 is 1.10 bits per heavy atom. The van der Waals surface area contributed by atoms with Gasteiger partial charge in [0.25, 0.3) is 5.91 Å². The van der Waals surface area contributed by atoms with Crippen molar-refractivity contribution in [1.29, 1.82) is 0 Å². The summed E-state index contributed by atoms with van der Waals surface area (Å²) in [5, 5.41) is 9.66. The minimum Gasteiger partial charge on any atom is -0.379 e. The zero-order valence-electron chi connectivity index (χ0n) is 18.9. The van der Waals surface area contributed by atoms with Crippen LogP contribution in [-0.2, 0) is 11.3 Å². The van der Waals surface area contributed by atoms with Crippen LogP contribution >= 0.6 is 24.0 Å². The molecule has 0 radical (unpaired) electrons. The fourth-order valence-electron chi connectivity index (χ4n) is 4.52. The first-order chi connectivity index (χ1) is 14.7. The van der Waals surface area contributed by atoms with Crippen molar-refractivity contribution in [2.45, 2.75) is 51.1 Å². The van der Waals surface area contributed by atoms with Crippen LogP contribution in [0.25, 0.3) is 0 Å². The van der Waals surface area contributed by atoms with Crippen molar-refractivity contribution in [2.75, 3.05) is 46.4 Å². The second-order valence-electron chi connectivity index (χ2n) is 8.21. The largest absolute Gasteiger partial charge is 0.379 e. The topological polar surface area (TPSA) is 78.0 Å². The van der Waals surface area contributed by atoms with E-state index in [2.05, 4.69) is 27.8 Å². The van der Waals surface area contributed by atoms with Crippen molar-refractivity contribution in [3.8, 4) is 0 Å². The van der Waals surface area contributed by atoms with Gasteiger partial charge in [-0.05, 0) is 37.5 Å². The summed E-state index contributed by atoms with van der Waals surface area (Å²) in [5.41, 5.74) is 1.95. The Balaban J connectivity index is 0.00000341. The zero-order chi connectivity index (χ0) is 21.2. The number of nitrogens with zero attached hydrogens (tertiary/aromatic N) is 2. The number of guanidine groups is 1. The standard InChI is InChI=1S/C23H37N5O2.HI/c1-3-25-22(26-17-19-7-9-20(10-8-19)21(29)24-2)27-18-23(11-5-4-6-12-23)28-13-15-30-16-14-28;/h7-10H,3-6,11-18H2,1-2H3,(H,24,29)(H2,25,26,27);1H. The van der Waals surface area contributed by atoms with Crippen molar-refractivity contribution < 1.29 is 9.53 Å². The molecule has 1 amide bonds. The number of amides is 1. The van der Waals surface area contributed by atoms with Gasteiger partial charge >= 0.3 is 0 Å². The Bertz CT molecular complexity index is 698. The van der Waals surface area contributed by atoms with Crippen LogP contribution in [-0.4, -0.2) is 68.7 Å². The van der Waals surface area contributed by atoms with Gasteiger partial charge < -0.3 is 20.7 Å². The normalized spacial score (nSPS) is 19.2. The van der Waals surface area contributed by atoms with Gasteiger partial charge in [0.05, 0.1) is 19.8 Å². The van der Waals surface area contributed by atoms with Crippen LogP contribution in [0.2, 0.25) is 0 Å². The number of ether oxygens (including phenoxy) is 1. The minimum absolute atomic E-state index is 0. The minimum atomic E-state index is -0.0686. The Morgan fingerprint density at radius 2 is 1.77 bits per heavy atom. The molecule has 1 aromatic carbocycles. The molecule has 1 aliphatic carbocycles. The van der Waals surface area contributed by atoms with E-state index in [-0.39, 0.29) is 35.4 Å². The van der Waals surface area contributed by atoms with Crippen LogP contribution in [0, 0.1) is 0 Å². The summed E-state index contributed by atoms with van der Waals surface area (Å²) in [7, 11) is 1.64. The molecule has 3 N–H and O–H groups in total. The third kappa shape index (κ3) is 7.32. The molecule has 3 rings (SSSR count). The predicted molar refractivity (Wildman–Crippen MR) is 136 cm³/mol. The Kier molecular flexibility index (Phi) is 11.0. The number of nitrogens with one attached hydrogen (secondary N) is 3. The van der Waals surface area contributed by atoms with Gasteiger partial charge in [0.15, 0.2) is 5.96 Å². The third-order valence-electron chi connectivity index (χ3n) is 6.26. The lowest BCUT2D eigenvalue weighted by Crippen LogP contribution is -2.60. The zero-order valence-corrected chi connectivity index (χ0v) is 21.2.